The molecule has 4 rings (SSSR count). The van der Waals surface area contributed by atoms with Crippen molar-refractivity contribution in [1.82, 2.24) is 9.80 Å². The first-order chi connectivity index (χ1) is 17.4. The number of rotatable bonds is 8. The number of amides is 1. The maximum atomic E-state index is 12.8. The number of benzene rings is 3. The SMILES string of the molecule is COc1ccc(/C=C/C(=O)N2CCN(Cc3ccc(Cl)c(Cl)c3)CC2)cc1COc1ccc(C)cc1. The summed E-state index contributed by atoms with van der Waals surface area (Å²) in [6, 6.07) is 19.5. The number of piperazine rings is 1. The van der Waals surface area contributed by atoms with Crippen LogP contribution in [-0.2, 0) is 17.9 Å². The molecule has 3 aromatic rings. The van der Waals surface area contributed by atoms with Gasteiger partial charge in [-0.05, 0) is 60.5 Å². The lowest BCUT2D eigenvalue weighted by Gasteiger charge is -2.34. The maximum Gasteiger partial charge on any atom is 0.246 e. The van der Waals surface area contributed by atoms with E-state index in [9.17, 15) is 4.79 Å². The molecule has 0 N–H and O–H groups in total. The number of carbonyl (C=O) groups is 1. The zero-order chi connectivity index (χ0) is 25.5. The highest BCUT2D eigenvalue weighted by atomic mass is 35.5. The number of carbonyl (C=O) groups excluding carboxylic acids is 1. The molecule has 1 heterocycles. The Morgan fingerprint density at radius 1 is 0.944 bits per heavy atom. The van der Waals surface area contributed by atoms with E-state index in [1.165, 1.54) is 5.56 Å². The number of nitrogens with zero attached hydrogens (tertiary/aromatic N) is 2. The molecule has 1 saturated heterocycles. The lowest BCUT2D eigenvalue weighted by atomic mass is 10.1. The maximum absolute atomic E-state index is 12.8. The first-order valence-corrected chi connectivity index (χ1v) is 12.7. The summed E-state index contributed by atoms with van der Waals surface area (Å²) in [5.41, 5.74) is 4.14. The minimum atomic E-state index is 0.0115. The zero-order valence-electron chi connectivity index (χ0n) is 20.5. The van der Waals surface area contributed by atoms with Gasteiger partial charge in [0.15, 0.2) is 0 Å². The van der Waals surface area contributed by atoms with Crippen molar-refractivity contribution in [3.8, 4) is 11.5 Å². The normalized spacial score (nSPS) is 14.3. The molecule has 0 bridgehead atoms. The van der Waals surface area contributed by atoms with Crippen molar-refractivity contribution in [3.63, 3.8) is 0 Å². The van der Waals surface area contributed by atoms with Crippen LogP contribution in [0, 0.1) is 6.92 Å². The molecule has 1 amide bonds. The molecule has 36 heavy (non-hydrogen) atoms. The van der Waals surface area contributed by atoms with Gasteiger partial charge in [-0.1, -0.05) is 53.0 Å². The van der Waals surface area contributed by atoms with Crippen molar-refractivity contribution >= 4 is 35.2 Å². The van der Waals surface area contributed by atoms with Crippen LogP contribution in [-0.4, -0.2) is 49.0 Å². The molecule has 0 unspecified atom stereocenters. The fourth-order valence-electron chi connectivity index (χ4n) is 4.11. The van der Waals surface area contributed by atoms with Crippen LogP contribution >= 0.6 is 23.2 Å². The number of hydrogen-bond donors (Lipinski definition) is 0. The van der Waals surface area contributed by atoms with E-state index in [-0.39, 0.29) is 5.91 Å². The van der Waals surface area contributed by atoms with Gasteiger partial charge in [0, 0.05) is 44.4 Å². The largest absolute Gasteiger partial charge is 0.496 e. The van der Waals surface area contributed by atoms with E-state index in [4.69, 9.17) is 32.7 Å². The molecule has 0 radical (unpaired) electrons. The van der Waals surface area contributed by atoms with Crippen LogP contribution in [0.4, 0.5) is 0 Å². The van der Waals surface area contributed by atoms with E-state index in [0.717, 1.165) is 47.8 Å². The predicted molar refractivity (Wildman–Crippen MR) is 146 cm³/mol. The third-order valence-corrected chi connectivity index (χ3v) is 6.95. The second-order valence-corrected chi connectivity index (χ2v) is 9.67. The van der Waals surface area contributed by atoms with Crippen LogP contribution in [0.1, 0.15) is 22.3 Å². The fourth-order valence-corrected chi connectivity index (χ4v) is 4.43. The Morgan fingerprint density at radius 2 is 1.69 bits per heavy atom. The molecule has 7 heteroatoms. The van der Waals surface area contributed by atoms with Gasteiger partial charge in [0.2, 0.25) is 5.91 Å². The van der Waals surface area contributed by atoms with E-state index in [0.29, 0.717) is 29.7 Å². The summed E-state index contributed by atoms with van der Waals surface area (Å²) in [5, 5.41) is 1.13. The van der Waals surface area contributed by atoms with Gasteiger partial charge < -0.3 is 14.4 Å². The van der Waals surface area contributed by atoms with Crippen LogP contribution in [0.15, 0.2) is 66.7 Å². The topological polar surface area (TPSA) is 42.0 Å². The molecular formula is C29H30Cl2N2O3. The molecule has 1 aliphatic heterocycles. The second kappa shape index (κ2) is 12.3. The first kappa shape index (κ1) is 26.1. The van der Waals surface area contributed by atoms with Gasteiger partial charge in [-0.25, -0.2) is 0 Å². The van der Waals surface area contributed by atoms with Crippen molar-refractivity contribution < 1.29 is 14.3 Å². The van der Waals surface area contributed by atoms with Crippen molar-refractivity contribution in [1.29, 1.82) is 0 Å². The Hall–Kier alpha value is -2.99. The Labute approximate surface area is 222 Å². The summed E-state index contributed by atoms with van der Waals surface area (Å²) in [7, 11) is 1.64. The van der Waals surface area contributed by atoms with E-state index >= 15 is 0 Å². The minimum Gasteiger partial charge on any atom is -0.496 e. The number of hydrogen-bond acceptors (Lipinski definition) is 4. The molecule has 188 valence electrons. The average Bonchev–Trinajstić information content (AvgIpc) is 2.89. The third-order valence-electron chi connectivity index (χ3n) is 6.21. The van der Waals surface area contributed by atoms with Gasteiger partial charge in [-0.3, -0.25) is 9.69 Å². The molecule has 0 atom stereocenters. The Balaban J connectivity index is 1.31. The molecule has 0 saturated carbocycles. The highest BCUT2D eigenvalue weighted by molar-refractivity contribution is 6.42. The fraction of sp³-hybridized carbons (Fsp3) is 0.276. The number of methoxy groups -OCH3 is 1. The Kier molecular flexibility index (Phi) is 8.92. The number of aryl methyl sites for hydroxylation is 1. The molecule has 0 aromatic heterocycles. The van der Waals surface area contributed by atoms with Crippen LogP contribution in [0.2, 0.25) is 10.0 Å². The lowest BCUT2D eigenvalue weighted by Crippen LogP contribution is -2.47. The Bertz CT molecular complexity index is 1220. The summed E-state index contributed by atoms with van der Waals surface area (Å²) in [6.45, 7) is 6.19. The smallest absolute Gasteiger partial charge is 0.246 e. The van der Waals surface area contributed by atoms with Gasteiger partial charge in [0.25, 0.3) is 0 Å². The van der Waals surface area contributed by atoms with Crippen molar-refractivity contribution in [3.05, 3.63) is 99.0 Å². The number of ether oxygens (including phenoxy) is 2. The zero-order valence-corrected chi connectivity index (χ0v) is 22.1. The number of halogens is 2. The first-order valence-electron chi connectivity index (χ1n) is 11.9. The van der Waals surface area contributed by atoms with Crippen molar-refractivity contribution in [2.45, 2.75) is 20.1 Å². The summed E-state index contributed by atoms with van der Waals surface area (Å²) in [6.07, 6.45) is 3.49. The lowest BCUT2D eigenvalue weighted by molar-refractivity contribution is -0.127. The predicted octanol–water partition coefficient (Wildman–Crippen LogP) is 6.25. The molecule has 1 fully saturated rings. The van der Waals surface area contributed by atoms with E-state index in [2.05, 4.69) is 4.90 Å². The molecule has 0 aliphatic carbocycles. The average molecular weight is 525 g/mol. The summed E-state index contributed by atoms with van der Waals surface area (Å²) in [4.78, 5) is 17.0. The summed E-state index contributed by atoms with van der Waals surface area (Å²) in [5.74, 6) is 1.57. The molecular weight excluding hydrogens is 495 g/mol. The highest BCUT2D eigenvalue weighted by Gasteiger charge is 2.20. The molecule has 1 aliphatic rings. The van der Waals surface area contributed by atoms with E-state index in [1.807, 2.05) is 78.6 Å². The van der Waals surface area contributed by atoms with Crippen LogP contribution < -0.4 is 9.47 Å². The third kappa shape index (κ3) is 7.03. The monoisotopic (exact) mass is 524 g/mol. The van der Waals surface area contributed by atoms with Gasteiger partial charge in [-0.2, -0.15) is 0 Å². The van der Waals surface area contributed by atoms with Crippen molar-refractivity contribution in [2.75, 3.05) is 33.3 Å². The van der Waals surface area contributed by atoms with Gasteiger partial charge in [0.05, 0.1) is 17.2 Å². The van der Waals surface area contributed by atoms with Gasteiger partial charge >= 0.3 is 0 Å². The van der Waals surface area contributed by atoms with E-state index in [1.54, 1.807) is 13.2 Å². The van der Waals surface area contributed by atoms with Crippen LogP contribution in [0.25, 0.3) is 6.08 Å². The highest BCUT2D eigenvalue weighted by Crippen LogP contribution is 2.25. The molecule has 5 nitrogen and oxygen atoms in total. The summed E-state index contributed by atoms with van der Waals surface area (Å²) >= 11 is 12.1. The van der Waals surface area contributed by atoms with E-state index < -0.39 is 0 Å². The standard InChI is InChI=1S/C29H30Cl2N2O3/c1-21-3-8-25(9-4-21)36-20-24-17-22(6-11-28(24)35-2)7-12-29(34)33-15-13-32(14-16-33)19-23-5-10-26(30)27(31)18-23/h3-12,17-18H,13-16,19-20H2,1-2H3/b12-7+. The van der Waals surface area contributed by atoms with Crippen molar-refractivity contribution in [2.24, 2.45) is 0 Å². The van der Waals surface area contributed by atoms with Crippen LogP contribution in [0.3, 0.4) is 0 Å². The summed E-state index contributed by atoms with van der Waals surface area (Å²) < 4.78 is 11.4. The minimum absolute atomic E-state index is 0.0115. The van der Waals surface area contributed by atoms with Gasteiger partial charge in [-0.15, -0.1) is 0 Å². The Morgan fingerprint density at radius 3 is 2.39 bits per heavy atom. The molecule has 3 aromatic carbocycles. The quantitative estimate of drug-likeness (QED) is 0.326. The molecule has 0 spiro atoms. The van der Waals surface area contributed by atoms with Crippen LogP contribution in [0.5, 0.6) is 11.5 Å². The second-order valence-electron chi connectivity index (χ2n) is 8.86. The van der Waals surface area contributed by atoms with Gasteiger partial charge in [0.1, 0.15) is 18.1 Å².